The van der Waals surface area contributed by atoms with Crippen LogP contribution in [0.1, 0.15) is 18.9 Å². The van der Waals surface area contributed by atoms with Gasteiger partial charge in [-0.1, -0.05) is 43.7 Å². The van der Waals surface area contributed by atoms with Gasteiger partial charge in [-0.25, -0.2) is 0 Å². The summed E-state index contributed by atoms with van der Waals surface area (Å²) in [6.07, 6.45) is 2.70. The maximum Gasteiger partial charge on any atom is 0.204 e. The molecule has 66 valence electrons. The van der Waals surface area contributed by atoms with Crippen molar-refractivity contribution in [2.75, 3.05) is 0 Å². The summed E-state index contributed by atoms with van der Waals surface area (Å²) in [7, 11) is 0. The number of amides is 1. The first kappa shape index (κ1) is 10.7. The first-order valence-corrected chi connectivity index (χ1v) is 4.04. The van der Waals surface area contributed by atoms with Crippen LogP contribution in [0.15, 0.2) is 30.3 Å². The predicted octanol–water partition coefficient (Wildman–Crippen LogP) is 1.74. The largest absolute Gasteiger partial charge is 0.372 e. The molecule has 1 rings (SSSR count). The zero-order valence-electron chi connectivity index (χ0n) is 7.36. The molecule has 2 heteroatoms. The number of primary amides is 1. The lowest BCUT2D eigenvalue weighted by Gasteiger charge is -1.93. The van der Waals surface area contributed by atoms with Gasteiger partial charge in [0, 0.05) is 0 Å². The van der Waals surface area contributed by atoms with Gasteiger partial charge in [0.25, 0.3) is 0 Å². The van der Waals surface area contributed by atoms with E-state index in [0.717, 1.165) is 0 Å². The van der Waals surface area contributed by atoms with Crippen LogP contribution in [-0.4, -0.2) is 6.41 Å². The van der Waals surface area contributed by atoms with Crippen molar-refractivity contribution in [1.82, 2.24) is 0 Å². The van der Waals surface area contributed by atoms with E-state index in [1.54, 1.807) is 0 Å². The molecule has 0 aliphatic carbocycles. The van der Waals surface area contributed by atoms with Crippen molar-refractivity contribution in [3.8, 4) is 0 Å². The van der Waals surface area contributed by atoms with Gasteiger partial charge in [0.2, 0.25) is 6.41 Å². The molecule has 0 aliphatic heterocycles. The van der Waals surface area contributed by atoms with E-state index < -0.39 is 0 Å². The molecule has 12 heavy (non-hydrogen) atoms. The van der Waals surface area contributed by atoms with Crippen LogP contribution in [0.4, 0.5) is 0 Å². The number of rotatable bonds is 2. The van der Waals surface area contributed by atoms with Crippen LogP contribution in [0.25, 0.3) is 0 Å². The highest BCUT2D eigenvalue weighted by atomic mass is 16.1. The second-order valence-corrected chi connectivity index (χ2v) is 2.37. The van der Waals surface area contributed by atoms with E-state index in [-0.39, 0.29) is 6.41 Å². The normalized spacial score (nSPS) is 8.08. The van der Waals surface area contributed by atoms with Gasteiger partial charge < -0.3 is 5.73 Å². The summed E-state index contributed by atoms with van der Waals surface area (Å²) in [6, 6.07) is 10.6. The number of benzene rings is 1. The third-order valence-corrected chi connectivity index (χ3v) is 1.38. The average molecular weight is 165 g/mol. The maximum absolute atomic E-state index is 8.58. The molecular weight excluding hydrogens is 150 g/mol. The van der Waals surface area contributed by atoms with E-state index >= 15 is 0 Å². The first-order chi connectivity index (χ1) is 5.85. The standard InChI is InChI=1S/C9H12.CH3NO/c1-2-6-9-7-4-3-5-8-9;2-1-3/h3-5,7-8H,2,6H2,1H3;1H,(H2,2,3). The number of hydrogen-bond donors (Lipinski definition) is 1. The lowest BCUT2D eigenvalue weighted by atomic mass is 10.1. The average Bonchev–Trinajstić information content (AvgIpc) is 2.08. The molecule has 1 aromatic carbocycles. The van der Waals surface area contributed by atoms with E-state index in [1.165, 1.54) is 18.4 Å². The van der Waals surface area contributed by atoms with Gasteiger partial charge in [-0.3, -0.25) is 4.79 Å². The Hall–Kier alpha value is -1.31. The first-order valence-electron chi connectivity index (χ1n) is 4.04. The molecule has 0 radical (unpaired) electrons. The van der Waals surface area contributed by atoms with Crippen LogP contribution < -0.4 is 5.73 Å². The van der Waals surface area contributed by atoms with Crippen molar-refractivity contribution in [2.45, 2.75) is 19.8 Å². The molecule has 2 N–H and O–H groups in total. The quantitative estimate of drug-likeness (QED) is 0.666. The highest BCUT2D eigenvalue weighted by molar-refractivity contribution is 5.42. The summed E-state index contributed by atoms with van der Waals surface area (Å²) in [6.45, 7) is 2.20. The molecule has 0 heterocycles. The summed E-state index contributed by atoms with van der Waals surface area (Å²) >= 11 is 0. The summed E-state index contributed by atoms with van der Waals surface area (Å²) in [5.41, 5.74) is 5.61. The molecule has 0 bridgehead atoms. The van der Waals surface area contributed by atoms with Gasteiger partial charge in [-0.15, -0.1) is 0 Å². The fourth-order valence-electron chi connectivity index (χ4n) is 0.933. The molecule has 0 saturated heterocycles. The summed E-state index contributed by atoms with van der Waals surface area (Å²) in [4.78, 5) is 8.58. The van der Waals surface area contributed by atoms with Crippen molar-refractivity contribution in [3.63, 3.8) is 0 Å². The number of carbonyl (C=O) groups is 1. The van der Waals surface area contributed by atoms with Gasteiger partial charge in [0.05, 0.1) is 0 Å². The van der Waals surface area contributed by atoms with E-state index in [9.17, 15) is 0 Å². The van der Waals surface area contributed by atoms with E-state index in [1.807, 2.05) is 0 Å². The fraction of sp³-hybridized carbons (Fsp3) is 0.300. The molecule has 1 amide bonds. The minimum absolute atomic E-state index is 0.250. The van der Waals surface area contributed by atoms with Crippen LogP contribution in [0.3, 0.4) is 0 Å². The van der Waals surface area contributed by atoms with Gasteiger partial charge >= 0.3 is 0 Å². The van der Waals surface area contributed by atoms with Crippen molar-refractivity contribution in [1.29, 1.82) is 0 Å². The molecule has 0 unspecified atom stereocenters. The molecular formula is C10H15NO. The molecule has 1 aromatic rings. The Kier molecular flexibility index (Phi) is 6.94. The third-order valence-electron chi connectivity index (χ3n) is 1.38. The van der Waals surface area contributed by atoms with Gasteiger partial charge in [0.1, 0.15) is 0 Å². The summed E-state index contributed by atoms with van der Waals surface area (Å²) < 4.78 is 0. The van der Waals surface area contributed by atoms with Crippen molar-refractivity contribution >= 4 is 6.41 Å². The van der Waals surface area contributed by atoms with Gasteiger partial charge in [0.15, 0.2) is 0 Å². The third kappa shape index (κ3) is 5.47. The van der Waals surface area contributed by atoms with Crippen molar-refractivity contribution in [2.24, 2.45) is 5.73 Å². The Morgan fingerprint density at radius 1 is 1.33 bits per heavy atom. The molecule has 0 aliphatic rings. The molecule has 2 nitrogen and oxygen atoms in total. The second kappa shape index (κ2) is 7.79. The number of nitrogens with two attached hydrogens (primary N) is 1. The van der Waals surface area contributed by atoms with Crippen LogP contribution in [-0.2, 0) is 11.2 Å². The van der Waals surface area contributed by atoms with Crippen LogP contribution in [0, 0.1) is 0 Å². The SMILES string of the molecule is CCCc1ccccc1.NC=O. The monoisotopic (exact) mass is 165 g/mol. The second-order valence-electron chi connectivity index (χ2n) is 2.37. The molecule has 0 spiro atoms. The predicted molar refractivity (Wildman–Crippen MR) is 50.7 cm³/mol. The smallest absolute Gasteiger partial charge is 0.204 e. The molecule has 0 fully saturated rings. The molecule has 0 aromatic heterocycles. The highest BCUT2D eigenvalue weighted by Crippen LogP contribution is 2.00. The Bertz CT molecular complexity index is 196. The number of hydrogen-bond acceptors (Lipinski definition) is 1. The number of carbonyl (C=O) groups excluding carboxylic acids is 1. The zero-order chi connectivity index (χ0) is 9.23. The Morgan fingerprint density at radius 2 is 1.83 bits per heavy atom. The van der Waals surface area contributed by atoms with Crippen LogP contribution in [0.2, 0.25) is 0 Å². The lowest BCUT2D eigenvalue weighted by Crippen LogP contribution is -1.82. The van der Waals surface area contributed by atoms with Crippen molar-refractivity contribution in [3.05, 3.63) is 35.9 Å². The van der Waals surface area contributed by atoms with Crippen LogP contribution in [0.5, 0.6) is 0 Å². The van der Waals surface area contributed by atoms with Crippen LogP contribution >= 0.6 is 0 Å². The topological polar surface area (TPSA) is 43.1 Å². The summed E-state index contributed by atoms with van der Waals surface area (Å²) in [5, 5.41) is 0. The van der Waals surface area contributed by atoms with E-state index in [4.69, 9.17) is 4.79 Å². The Balaban J connectivity index is 0.000000354. The summed E-state index contributed by atoms with van der Waals surface area (Å²) in [5.74, 6) is 0. The van der Waals surface area contributed by atoms with Gasteiger partial charge in [-0.2, -0.15) is 0 Å². The maximum atomic E-state index is 8.58. The number of aryl methyl sites for hydroxylation is 1. The zero-order valence-corrected chi connectivity index (χ0v) is 7.36. The minimum atomic E-state index is 0.250. The fourth-order valence-corrected chi connectivity index (χ4v) is 0.933. The molecule has 0 saturated carbocycles. The lowest BCUT2D eigenvalue weighted by molar-refractivity contribution is -0.106. The Morgan fingerprint density at radius 3 is 2.25 bits per heavy atom. The molecule has 0 atom stereocenters. The van der Waals surface area contributed by atoms with Gasteiger partial charge in [-0.05, 0) is 12.0 Å². The highest BCUT2D eigenvalue weighted by Gasteiger charge is 1.84. The minimum Gasteiger partial charge on any atom is -0.372 e. The Labute approximate surface area is 73.4 Å². The van der Waals surface area contributed by atoms with Crippen molar-refractivity contribution < 1.29 is 4.79 Å². The van der Waals surface area contributed by atoms with E-state index in [0.29, 0.717) is 0 Å². The van der Waals surface area contributed by atoms with E-state index in [2.05, 4.69) is 43.0 Å².